The summed E-state index contributed by atoms with van der Waals surface area (Å²) < 4.78 is 13.4. The third kappa shape index (κ3) is 4.52. The van der Waals surface area contributed by atoms with E-state index in [0.29, 0.717) is 12.1 Å². The van der Waals surface area contributed by atoms with Crippen LogP contribution in [-0.4, -0.2) is 19.0 Å². The van der Waals surface area contributed by atoms with Gasteiger partial charge in [0.05, 0.1) is 19.0 Å². The first-order chi connectivity index (χ1) is 8.65. The molecule has 0 aliphatic carbocycles. The monoisotopic (exact) mass is 249 g/mol. The normalized spacial score (nSPS) is 11.6. The van der Waals surface area contributed by atoms with E-state index in [-0.39, 0.29) is 30.7 Å². The number of amides is 1. The Hall–Kier alpha value is -1.93. The third-order valence-electron chi connectivity index (χ3n) is 2.50. The molecule has 0 bridgehead atoms. The lowest BCUT2D eigenvalue weighted by molar-refractivity contribution is -0.120. The summed E-state index contributed by atoms with van der Waals surface area (Å²) in [6.45, 7) is 2.23. The molecule has 96 valence electrons. The molecule has 0 fully saturated rings. The molecular weight excluding hydrogens is 233 g/mol. The lowest BCUT2D eigenvalue weighted by Gasteiger charge is -2.14. The average Bonchev–Trinajstić information content (AvgIpc) is 2.37. The van der Waals surface area contributed by atoms with Crippen LogP contribution in [0.4, 0.5) is 4.39 Å². The van der Waals surface area contributed by atoms with Crippen molar-refractivity contribution in [1.82, 2.24) is 10.6 Å². The van der Waals surface area contributed by atoms with E-state index >= 15 is 0 Å². The van der Waals surface area contributed by atoms with Gasteiger partial charge in [0.25, 0.3) is 0 Å². The van der Waals surface area contributed by atoms with Crippen LogP contribution >= 0.6 is 0 Å². The van der Waals surface area contributed by atoms with Gasteiger partial charge >= 0.3 is 0 Å². The molecule has 5 heteroatoms. The van der Waals surface area contributed by atoms with E-state index in [2.05, 4.69) is 10.6 Å². The zero-order valence-electron chi connectivity index (χ0n) is 10.2. The maximum atomic E-state index is 13.4. The lowest BCUT2D eigenvalue weighted by atomic mass is 10.1. The molecular formula is C13H16FN3O. The second-order valence-electron chi connectivity index (χ2n) is 3.88. The molecule has 1 amide bonds. The van der Waals surface area contributed by atoms with Gasteiger partial charge in [-0.15, -0.1) is 0 Å². The highest BCUT2D eigenvalue weighted by molar-refractivity contribution is 5.78. The predicted molar refractivity (Wildman–Crippen MR) is 66.1 cm³/mol. The third-order valence-corrected chi connectivity index (χ3v) is 2.50. The fraction of sp³-hybridized carbons (Fsp3) is 0.385. The van der Waals surface area contributed by atoms with Crippen LogP contribution in [0.1, 0.15) is 24.9 Å². The van der Waals surface area contributed by atoms with Gasteiger partial charge in [-0.2, -0.15) is 5.26 Å². The highest BCUT2D eigenvalue weighted by atomic mass is 19.1. The smallest absolute Gasteiger partial charge is 0.234 e. The first-order valence-corrected chi connectivity index (χ1v) is 5.76. The number of hydrogen-bond donors (Lipinski definition) is 2. The quantitative estimate of drug-likeness (QED) is 0.751. The van der Waals surface area contributed by atoms with Crippen LogP contribution < -0.4 is 10.6 Å². The summed E-state index contributed by atoms with van der Waals surface area (Å²) in [4.78, 5) is 11.4. The minimum absolute atomic E-state index is 0.0981. The molecule has 1 unspecified atom stereocenters. The largest absolute Gasteiger partial charge is 0.354 e. The molecule has 0 heterocycles. The summed E-state index contributed by atoms with van der Waals surface area (Å²) in [5, 5.41) is 13.8. The Morgan fingerprint density at radius 3 is 2.89 bits per heavy atom. The second kappa shape index (κ2) is 7.41. The Morgan fingerprint density at radius 2 is 2.22 bits per heavy atom. The average molecular weight is 249 g/mol. The zero-order valence-corrected chi connectivity index (χ0v) is 10.2. The van der Waals surface area contributed by atoms with Crippen molar-refractivity contribution in [3.05, 3.63) is 35.6 Å². The summed E-state index contributed by atoms with van der Waals surface area (Å²) in [6, 6.07) is 8.14. The summed E-state index contributed by atoms with van der Waals surface area (Å²) in [5.74, 6) is -0.490. The number of halogens is 1. The first-order valence-electron chi connectivity index (χ1n) is 5.76. The van der Waals surface area contributed by atoms with Gasteiger partial charge in [-0.1, -0.05) is 18.2 Å². The molecule has 0 radical (unpaired) electrons. The predicted octanol–water partition coefficient (Wildman–Crippen LogP) is 1.51. The number of hydrogen-bond acceptors (Lipinski definition) is 3. The van der Waals surface area contributed by atoms with Crippen molar-refractivity contribution in [3.63, 3.8) is 0 Å². The van der Waals surface area contributed by atoms with E-state index < -0.39 is 0 Å². The van der Waals surface area contributed by atoms with Crippen LogP contribution in [0.25, 0.3) is 0 Å². The standard InChI is InChI=1S/C13H16FN3O/c1-10(11-5-2-3-6-12(11)14)17-9-13(18)16-8-4-7-15/h2-3,5-6,10,17H,4,8-9H2,1H3,(H,16,18). The molecule has 1 atom stereocenters. The molecule has 0 saturated carbocycles. The molecule has 18 heavy (non-hydrogen) atoms. The molecule has 0 aromatic heterocycles. The Balaban J connectivity index is 2.38. The van der Waals surface area contributed by atoms with Crippen molar-refractivity contribution in [1.29, 1.82) is 5.26 Å². The van der Waals surface area contributed by atoms with Gasteiger partial charge < -0.3 is 10.6 Å². The Morgan fingerprint density at radius 1 is 1.50 bits per heavy atom. The van der Waals surface area contributed by atoms with Gasteiger partial charge in [-0.05, 0) is 13.0 Å². The molecule has 0 aliphatic heterocycles. The molecule has 0 saturated heterocycles. The van der Waals surface area contributed by atoms with Crippen LogP contribution in [0.5, 0.6) is 0 Å². The fourth-order valence-electron chi connectivity index (χ4n) is 1.50. The minimum Gasteiger partial charge on any atom is -0.354 e. The van der Waals surface area contributed by atoms with Gasteiger partial charge in [0.2, 0.25) is 5.91 Å². The number of carbonyl (C=O) groups is 1. The lowest BCUT2D eigenvalue weighted by Crippen LogP contribution is -2.35. The SMILES string of the molecule is CC(NCC(=O)NCCC#N)c1ccccc1F. The van der Waals surface area contributed by atoms with Crippen molar-refractivity contribution < 1.29 is 9.18 Å². The minimum atomic E-state index is -0.289. The van der Waals surface area contributed by atoms with Crippen LogP contribution in [0, 0.1) is 17.1 Å². The van der Waals surface area contributed by atoms with E-state index in [0.717, 1.165) is 0 Å². The van der Waals surface area contributed by atoms with E-state index in [1.165, 1.54) is 6.07 Å². The van der Waals surface area contributed by atoms with Crippen LogP contribution in [0.2, 0.25) is 0 Å². The van der Waals surface area contributed by atoms with Crippen LogP contribution in [0.15, 0.2) is 24.3 Å². The summed E-state index contributed by atoms with van der Waals surface area (Å²) >= 11 is 0. The summed E-state index contributed by atoms with van der Waals surface area (Å²) in [5.41, 5.74) is 0.530. The Bertz CT molecular complexity index is 442. The van der Waals surface area contributed by atoms with Crippen molar-refractivity contribution in [2.24, 2.45) is 0 Å². The molecule has 1 aromatic rings. The van der Waals surface area contributed by atoms with Gasteiger partial charge in [0.1, 0.15) is 5.82 Å². The van der Waals surface area contributed by atoms with Crippen LogP contribution in [0.3, 0.4) is 0 Å². The highest BCUT2D eigenvalue weighted by Gasteiger charge is 2.10. The summed E-state index contributed by atoms with van der Waals surface area (Å²) in [7, 11) is 0. The van der Waals surface area contributed by atoms with Crippen molar-refractivity contribution in [2.45, 2.75) is 19.4 Å². The molecule has 0 aliphatic rings. The molecule has 0 spiro atoms. The van der Waals surface area contributed by atoms with E-state index in [1.54, 1.807) is 25.1 Å². The zero-order chi connectivity index (χ0) is 13.4. The molecule has 2 N–H and O–H groups in total. The molecule has 1 aromatic carbocycles. The van der Waals surface area contributed by atoms with E-state index in [1.807, 2.05) is 6.07 Å². The number of carbonyl (C=O) groups excluding carboxylic acids is 1. The number of nitrogens with zero attached hydrogens (tertiary/aromatic N) is 1. The van der Waals surface area contributed by atoms with Gasteiger partial charge in [-0.25, -0.2) is 4.39 Å². The fourth-order valence-corrected chi connectivity index (χ4v) is 1.50. The van der Waals surface area contributed by atoms with Crippen molar-refractivity contribution in [2.75, 3.05) is 13.1 Å². The topological polar surface area (TPSA) is 64.9 Å². The Labute approximate surface area is 106 Å². The maximum absolute atomic E-state index is 13.4. The maximum Gasteiger partial charge on any atom is 0.234 e. The number of nitriles is 1. The van der Waals surface area contributed by atoms with Gasteiger partial charge in [0.15, 0.2) is 0 Å². The van der Waals surface area contributed by atoms with Gasteiger partial charge in [0, 0.05) is 18.2 Å². The molecule has 1 rings (SSSR count). The number of nitrogens with one attached hydrogen (secondary N) is 2. The summed E-state index contributed by atoms with van der Waals surface area (Å²) in [6.07, 6.45) is 0.286. The van der Waals surface area contributed by atoms with Crippen molar-refractivity contribution >= 4 is 5.91 Å². The van der Waals surface area contributed by atoms with E-state index in [9.17, 15) is 9.18 Å². The first kappa shape index (κ1) is 14.1. The second-order valence-corrected chi connectivity index (χ2v) is 3.88. The molecule has 4 nitrogen and oxygen atoms in total. The number of rotatable bonds is 6. The highest BCUT2D eigenvalue weighted by Crippen LogP contribution is 2.15. The number of benzene rings is 1. The van der Waals surface area contributed by atoms with Crippen LogP contribution in [-0.2, 0) is 4.79 Å². The Kier molecular flexibility index (Phi) is 5.81. The van der Waals surface area contributed by atoms with Gasteiger partial charge in [-0.3, -0.25) is 4.79 Å². The van der Waals surface area contributed by atoms with E-state index in [4.69, 9.17) is 5.26 Å². The van der Waals surface area contributed by atoms with Crippen molar-refractivity contribution in [3.8, 4) is 6.07 Å².